The molecule has 1 unspecified atom stereocenters. The quantitative estimate of drug-likeness (QED) is 0.646. The van der Waals surface area contributed by atoms with E-state index in [0.29, 0.717) is 10.9 Å². The van der Waals surface area contributed by atoms with Gasteiger partial charge < -0.3 is 5.32 Å². The fourth-order valence-corrected chi connectivity index (χ4v) is 3.37. The third kappa shape index (κ3) is 4.52. The Labute approximate surface area is 157 Å². The number of benzene rings is 2. The van der Waals surface area contributed by atoms with E-state index in [1.165, 1.54) is 17.3 Å². The van der Waals surface area contributed by atoms with E-state index in [1.54, 1.807) is 6.33 Å². The molecule has 0 saturated carbocycles. The van der Waals surface area contributed by atoms with E-state index < -0.39 is 0 Å². The molecule has 0 aliphatic carbocycles. The number of carbonyl (C=O) groups excluding carboxylic acids is 1. The molecule has 0 aliphatic rings. The number of para-hydroxylation sites is 1. The van der Waals surface area contributed by atoms with Gasteiger partial charge in [-0.15, -0.1) is 10.2 Å². The monoisotopic (exact) mass is 366 g/mol. The Morgan fingerprint density at radius 3 is 2.58 bits per heavy atom. The van der Waals surface area contributed by atoms with Gasteiger partial charge in [-0.25, -0.2) is 0 Å². The maximum absolute atomic E-state index is 12.3. The normalized spacial score (nSPS) is 11.9. The smallest absolute Gasteiger partial charge is 0.230 e. The lowest BCUT2D eigenvalue weighted by atomic mass is 10.1. The Bertz CT molecular complexity index is 846. The van der Waals surface area contributed by atoms with Crippen LogP contribution in [0.3, 0.4) is 0 Å². The summed E-state index contributed by atoms with van der Waals surface area (Å²) in [5.41, 5.74) is 3.38. The van der Waals surface area contributed by atoms with Gasteiger partial charge in [0.15, 0.2) is 5.16 Å². The van der Waals surface area contributed by atoms with Crippen molar-refractivity contribution < 1.29 is 4.79 Å². The van der Waals surface area contributed by atoms with Crippen molar-refractivity contribution >= 4 is 17.7 Å². The van der Waals surface area contributed by atoms with Crippen LogP contribution in [-0.4, -0.2) is 26.4 Å². The van der Waals surface area contributed by atoms with Gasteiger partial charge >= 0.3 is 0 Å². The molecular weight excluding hydrogens is 344 g/mol. The van der Waals surface area contributed by atoms with Crippen LogP contribution in [0.25, 0.3) is 5.69 Å². The van der Waals surface area contributed by atoms with Crippen LogP contribution in [0.2, 0.25) is 0 Å². The summed E-state index contributed by atoms with van der Waals surface area (Å²) in [6, 6.07) is 18.2. The van der Waals surface area contributed by atoms with Gasteiger partial charge in [-0.05, 0) is 36.6 Å². The molecule has 1 aromatic heterocycles. The molecule has 1 N–H and O–H groups in total. The van der Waals surface area contributed by atoms with E-state index in [2.05, 4.69) is 46.7 Å². The molecule has 26 heavy (non-hydrogen) atoms. The lowest BCUT2D eigenvalue weighted by Crippen LogP contribution is -2.28. The van der Waals surface area contributed by atoms with E-state index in [9.17, 15) is 4.79 Å². The summed E-state index contributed by atoms with van der Waals surface area (Å²) in [7, 11) is 0. The number of hydrogen-bond donors (Lipinski definition) is 1. The van der Waals surface area contributed by atoms with Crippen LogP contribution in [0.1, 0.15) is 31.0 Å². The summed E-state index contributed by atoms with van der Waals surface area (Å²) in [5, 5.41) is 11.8. The van der Waals surface area contributed by atoms with E-state index in [-0.39, 0.29) is 11.9 Å². The SMILES string of the molecule is CCc1ccc(C(C)NC(=O)CSc2nncn2-c2ccccc2)cc1. The maximum atomic E-state index is 12.3. The minimum Gasteiger partial charge on any atom is -0.349 e. The van der Waals surface area contributed by atoms with E-state index in [4.69, 9.17) is 0 Å². The first-order valence-corrected chi connectivity index (χ1v) is 9.62. The van der Waals surface area contributed by atoms with Crippen LogP contribution in [-0.2, 0) is 11.2 Å². The van der Waals surface area contributed by atoms with Gasteiger partial charge in [0.1, 0.15) is 6.33 Å². The summed E-state index contributed by atoms with van der Waals surface area (Å²) >= 11 is 1.38. The van der Waals surface area contributed by atoms with E-state index >= 15 is 0 Å². The number of rotatable bonds is 7. The van der Waals surface area contributed by atoms with Gasteiger partial charge in [-0.3, -0.25) is 9.36 Å². The van der Waals surface area contributed by atoms with Gasteiger partial charge in [0.25, 0.3) is 0 Å². The lowest BCUT2D eigenvalue weighted by Gasteiger charge is -2.14. The average molecular weight is 366 g/mol. The van der Waals surface area contributed by atoms with E-state index in [0.717, 1.165) is 17.7 Å². The maximum Gasteiger partial charge on any atom is 0.230 e. The van der Waals surface area contributed by atoms with Crippen molar-refractivity contribution in [1.82, 2.24) is 20.1 Å². The van der Waals surface area contributed by atoms with Crippen molar-refractivity contribution in [3.05, 3.63) is 72.1 Å². The summed E-state index contributed by atoms with van der Waals surface area (Å²) in [5.74, 6) is 0.271. The standard InChI is InChI=1S/C20H22N4OS/c1-3-16-9-11-17(12-10-16)15(2)22-19(25)13-26-20-23-21-14-24(20)18-7-5-4-6-8-18/h4-12,14-15H,3,13H2,1-2H3,(H,22,25). The molecule has 3 aromatic rings. The van der Waals surface area contributed by atoms with Crippen LogP contribution in [0.5, 0.6) is 0 Å². The van der Waals surface area contributed by atoms with Gasteiger partial charge in [0, 0.05) is 5.69 Å². The molecule has 2 aromatic carbocycles. The first-order valence-electron chi connectivity index (χ1n) is 8.64. The third-order valence-corrected chi connectivity index (χ3v) is 5.09. The number of thioether (sulfide) groups is 1. The van der Waals surface area contributed by atoms with Gasteiger partial charge in [0.2, 0.25) is 5.91 Å². The molecule has 0 saturated heterocycles. The predicted molar refractivity (Wildman–Crippen MR) is 104 cm³/mol. The molecule has 1 atom stereocenters. The Kier molecular flexibility index (Phi) is 6.07. The highest BCUT2D eigenvalue weighted by molar-refractivity contribution is 7.99. The first kappa shape index (κ1) is 18.2. The number of aromatic nitrogens is 3. The Balaban J connectivity index is 1.57. The van der Waals surface area contributed by atoms with Crippen molar-refractivity contribution in [3.63, 3.8) is 0 Å². The largest absolute Gasteiger partial charge is 0.349 e. The number of amides is 1. The zero-order valence-electron chi connectivity index (χ0n) is 14.9. The summed E-state index contributed by atoms with van der Waals surface area (Å²) in [4.78, 5) is 12.3. The molecule has 5 nitrogen and oxygen atoms in total. The molecule has 0 fully saturated rings. The van der Waals surface area contributed by atoms with Crippen molar-refractivity contribution in [3.8, 4) is 5.69 Å². The summed E-state index contributed by atoms with van der Waals surface area (Å²) in [6.07, 6.45) is 2.67. The van der Waals surface area contributed by atoms with E-state index in [1.807, 2.05) is 41.8 Å². The average Bonchev–Trinajstić information content (AvgIpc) is 3.16. The molecule has 1 amide bonds. The second-order valence-electron chi connectivity index (χ2n) is 5.99. The predicted octanol–water partition coefficient (Wildman–Crippen LogP) is 3.80. The lowest BCUT2D eigenvalue weighted by molar-refractivity contribution is -0.119. The third-order valence-electron chi connectivity index (χ3n) is 4.15. The highest BCUT2D eigenvalue weighted by Gasteiger charge is 2.13. The second kappa shape index (κ2) is 8.67. The first-order chi connectivity index (χ1) is 12.7. The van der Waals surface area contributed by atoms with Crippen molar-refractivity contribution in [2.45, 2.75) is 31.5 Å². The number of carbonyl (C=O) groups is 1. The Hall–Kier alpha value is -2.60. The van der Waals surface area contributed by atoms with Crippen molar-refractivity contribution in [2.24, 2.45) is 0 Å². The van der Waals surface area contributed by atoms with Gasteiger partial charge in [-0.2, -0.15) is 0 Å². The van der Waals surface area contributed by atoms with Crippen molar-refractivity contribution in [2.75, 3.05) is 5.75 Å². The molecule has 0 aliphatic heterocycles. The number of nitrogens with one attached hydrogen (secondary N) is 1. The number of hydrogen-bond acceptors (Lipinski definition) is 4. The minimum atomic E-state index is -0.0269. The number of nitrogens with zero attached hydrogens (tertiary/aromatic N) is 3. The van der Waals surface area contributed by atoms with Crippen LogP contribution < -0.4 is 5.32 Å². The molecule has 0 radical (unpaired) electrons. The topological polar surface area (TPSA) is 59.8 Å². The zero-order chi connectivity index (χ0) is 18.4. The fraction of sp³-hybridized carbons (Fsp3) is 0.250. The minimum absolute atomic E-state index is 0.0234. The van der Waals surface area contributed by atoms with Crippen LogP contribution in [0.4, 0.5) is 0 Å². The Morgan fingerprint density at radius 2 is 1.88 bits per heavy atom. The molecule has 6 heteroatoms. The molecule has 0 bridgehead atoms. The summed E-state index contributed by atoms with van der Waals surface area (Å²) < 4.78 is 1.88. The van der Waals surface area contributed by atoms with Crippen LogP contribution in [0.15, 0.2) is 66.1 Å². The molecule has 134 valence electrons. The highest BCUT2D eigenvalue weighted by atomic mass is 32.2. The second-order valence-corrected chi connectivity index (χ2v) is 6.93. The summed E-state index contributed by atoms with van der Waals surface area (Å²) in [6.45, 7) is 4.13. The van der Waals surface area contributed by atoms with Gasteiger partial charge in [0.05, 0.1) is 11.8 Å². The zero-order valence-corrected chi connectivity index (χ0v) is 15.7. The van der Waals surface area contributed by atoms with Crippen LogP contribution in [0, 0.1) is 0 Å². The molecular formula is C20H22N4OS. The van der Waals surface area contributed by atoms with Gasteiger partial charge in [-0.1, -0.05) is 61.2 Å². The highest BCUT2D eigenvalue weighted by Crippen LogP contribution is 2.20. The van der Waals surface area contributed by atoms with Crippen molar-refractivity contribution in [1.29, 1.82) is 0 Å². The van der Waals surface area contributed by atoms with Crippen LogP contribution >= 0.6 is 11.8 Å². The Morgan fingerprint density at radius 1 is 1.15 bits per heavy atom. The molecule has 1 heterocycles. The fourth-order valence-electron chi connectivity index (χ4n) is 2.63. The molecule has 0 spiro atoms. The molecule has 3 rings (SSSR count). The number of aryl methyl sites for hydroxylation is 1.